The van der Waals surface area contributed by atoms with Gasteiger partial charge in [0.1, 0.15) is 4.90 Å². The van der Waals surface area contributed by atoms with Crippen molar-refractivity contribution in [2.45, 2.75) is 11.8 Å². The zero-order valence-electron chi connectivity index (χ0n) is 16.1. The zero-order chi connectivity index (χ0) is 21.0. The Hall–Kier alpha value is -1.80. The predicted octanol–water partition coefficient (Wildman–Crippen LogP) is 3.35. The quantitative estimate of drug-likeness (QED) is 0.669. The number of hydrogen-bond acceptors (Lipinski definition) is 4. The summed E-state index contributed by atoms with van der Waals surface area (Å²) in [4.78, 5) is 16.6. The molecule has 0 bridgehead atoms. The first kappa shape index (κ1) is 21.9. The molecule has 0 radical (unpaired) electrons. The molecule has 1 saturated heterocycles. The third-order valence-corrected chi connectivity index (χ3v) is 7.57. The molecule has 0 spiro atoms. The Morgan fingerprint density at radius 3 is 2.31 bits per heavy atom. The number of carbonyl (C=O) groups is 1. The predicted molar refractivity (Wildman–Crippen MR) is 116 cm³/mol. The van der Waals surface area contributed by atoms with Gasteiger partial charge in [-0.05, 0) is 30.3 Å². The van der Waals surface area contributed by atoms with Crippen LogP contribution in [0.15, 0.2) is 53.4 Å². The van der Waals surface area contributed by atoms with E-state index in [1.807, 2.05) is 30.3 Å². The molecule has 3 rings (SSSR count). The molecule has 0 N–H and O–H groups in total. The van der Waals surface area contributed by atoms with Crippen LogP contribution in [0.3, 0.4) is 0 Å². The molecule has 6 nitrogen and oxygen atoms in total. The summed E-state index contributed by atoms with van der Waals surface area (Å²) in [7, 11) is -3.93. The third kappa shape index (κ3) is 5.04. The van der Waals surface area contributed by atoms with Crippen LogP contribution < -0.4 is 4.90 Å². The minimum absolute atomic E-state index is 0.0803. The highest BCUT2D eigenvalue weighted by molar-refractivity contribution is 7.89. The van der Waals surface area contributed by atoms with Gasteiger partial charge in [0.15, 0.2) is 0 Å². The van der Waals surface area contributed by atoms with Crippen LogP contribution in [0.2, 0.25) is 10.0 Å². The average molecular weight is 456 g/mol. The number of carbonyl (C=O) groups excluding carboxylic acids is 1. The number of halogens is 2. The van der Waals surface area contributed by atoms with Crippen molar-refractivity contribution in [1.82, 2.24) is 9.21 Å². The molecule has 2 aromatic rings. The van der Waals surface area contributed by atoms with E-state index in [-0.39, 0.29) is 33.9 Å². The Morgan fingerprint density at radius 2 is 1.69 bits per heavy atom. The molecule has 9 heteroatoms. The lowest BCUT2D eigenvalue weighted by Gasteiger charge is -2.36. The van der Waals surface area contributed by atoms with E-state index in [2.05, 4.69) is 4.90 Å². The Morgan fingerprint density at radius 1 is 1.03 bits per heavy atom. The van der Waals surface area contributed by atoms with Gasteiger partial charge in [-0.3, -0.25) is 4.79 Å². The molecule has 1 amide bonds. The number of para-hydroxylation sites is 1. The van der Waals surface area contributed by atoms with Crippen molar-refractivity contribution in [2.24, 2.45) is 0 Å². The van der Waals surface area contributed by atoms with Crippen molar-refractivity contribution in [1.29, 1.82) is 0 Å². The fourth-order valence-electron chi connectivity index (χ4n) is 3.28. The second-order valence-corrected chi connectivity index (χ2v) is 9.46. The summed E-state index contributed by atoms with van der Waals surface area (Å²) in [5, 5.41) is 0.351. The number of hydrogen-bond donors (Lipinski definition) is 0. The Labute approximate surface area is 181 Å². The van der Waals surface area contributed by atoms with E-state index in [9.17, 15) is 13.2 Å². The maximum Gasteiger partial charge on any atom is 0.245 e. The van der Waals surface area contributed by atoms with Gasteiger partial charge in [-0.15, -0.1) is 0 Å². The summed E-state index contributed by atoms with van der Waals surface area (Å²) in [6.45, 7) is 4.11. The molecule has 0 saturated carbocycles. The Bertz CT molecular complexity index is 962. The number of benzene rings is 2. The highest BCUT2D eigenvalue weighted by Crippen LogP contribution is 2.27. The third-order valence-electron chi connectivity index (χ3n) is 4.93. The zero-order valence-corrected chi connectivity index (χ0v) is 18.4. The molecule has 1 aliphatic rings. The second-order valence-electron chi connectivity index (χ2n) is 6.71. The average Bonchev–Trinajstić information content (AvgIpc) is 2.74. The van der Waals surface area contributed by atoms with Crippen molar-refractivity contribution >= 4 is 44.8 Å². The molecule has 1 fully saturated rings. The van der Waals surface area contributed by atoms with Gasteiger partial charge in [-0.1, -0.05) is 48.3 Å². The van der Waals surface area contributed by atoms with Gasteiger partial charge in [0, 0.05) is 43.4 Å². The van der Waals surface area contributed by atoms with Gasteiger partial charge >= 0.3 is 0 Å². The number of likely N-dealkylation sites (N-methyl/N-ethyl adjacent to an activating group) is 1. The van der Waals surface area contributed by atoms with E-state index in [1.54, 1.807) is 11.8 Å². The van der Waals surface area contributed by atoms with Crippen LogP contribution in [0.4, 0.5) is 5.69 Å². The number of amides is 1. The topological polar surface area (TPSA) is 60.9 Å². The lowest BCUT2D eigenvalue weighted by molar-refractivity contribution is -0.131. The lowest BCUT2D eigenvalue weighted by Crippen LogP contribution is -2.51. The van der Waals surface area contributed by atoms with Crippen LogP contribution in [-0.2, 0) is 14.8 Å². The van der Waals surface area contributed by atoms with E-state index >= 15 is 0 Å². The highest BCUT2D eigenvalue weighted by atomic mass is 35.5. The van der Waals surface area contributed by atoms with Crippen molar-refractivity contribution in [3.8, 4) is 0 Å². The van der Waals surface area contributed by atoms with Crippen LogP contribution in [-0.4, -0.2) is 62.8 Å². The molecule has 0 unspecified atom stereocenters. The van der Waals surface area contributed by atoms with Crippen LogP contribution in [0, 0.1) is 0 Å². The van der Waals surface area contributed by atoms with Gasteiger partial charge in [0.05, 0.1) is 11.6 Å². The van der Waals surface area contributed by atoms with Crippen molar-refractivity contribution in [3.05, 3.63) is 58.6 Å². The molecule has 0 atom stereocenters. The first-order valence-electron chi connectivity index (χ1n) is 9.36. The van der Waals surface area contributed by atoms with Gasteiger partial charge < -0.3 is 9.80 Å². The van der Waals surface area contributed by atoms with Crippen LogP contribution in [0.25, 0.3) is 0 Å². The van der Waals surface area contributed by atoms with E-state index in [0.29, 0.717) is 26.2 Å². The first-order chi connectivity index (χ1) is 13.8. The van der Waals surface area contributed by atoms with Crippen LogP contribution in [0.5, 0.6) is 0 Å². The Balaban J connectivity index is 1.67. The first-order valence-corrected chi connectivity index (χ1v) is 11.6. The molecule has 0 aromatic heterocycles. The van der Waals surface area contributed by atoms with Crippen molar-refractivity contribution in [3.63, 3.8) is 0 Å². The number of piperazine rings is 1. The lowest BCUT2D eigenvalue weighted by atomic mass is 10.2. The van der Waals surface area contributed by atoms with Gasteiger partial charge in [-0.25, -0.2) is 8.42 Å². The minimum atomic E-state index is -3.93. The summed E-state index contributed by atoms with van der Waals surface area (Å²) in [5.41, 5.74) is 1.12. The molecule has 2 aromatic carbocycles. The molecule has 1 heterocycles. The number of sulfonamides is 1. The summed E-state index contributed by atoms with van der Waals surface area (Å²) in [6.07, 6.45) is 0. The molecular weight excluding hydrogens is 433 g/mol. The van der Waals surface area contributed by atoms with Crippen molar-refractivity contribution in [2.75, 3.05) is 44.2 Å². The number of rotatable bonds is 6. The summed E-state index contributed by atoms with van der Waals surface area (Å²) in [5.74, 6) is -0.221. The van der Waals surface area contributed by atoms with E-state index in [1.165, 1.54) is 18.2 Å². The highest BCUT2D eigenvalue weighted by Gasteiger charge is 2.30. The molecular formula is C20H23Cl2N3O3S. The molecule has 1 aliphatic heterocycles. The number of nitrogens with zero attached hydrogens (tertiary/aromatic N) is 3. The fourth-order valence-corrected chi connectivity index (χ4v) is 5.42. The molecule has 0 aliphatic carbocycles. The minimum Gasteiger partial charge on any atom is -0.368 e. The van der Waals surface area contributed by atoms with E-state index < -0.39 is 10.0 Å². The number of anilines is 1. The smallest absolute Gasteiger partial charge is 0.245 e. The summed E-state index contributed by atoms with van der Waals surface area (Å²) >= 11 is 12.0. The standard InChI is InChI=1S/C20H23Cl2N3O3S/c1-2-25(29(27,28)19-14-16(21)8-9-18(19)22)15-20(26)24-12-10-23(11-13-24)17-6-4-3-5-7-17/h3-9,14H,2,10-13,15H2,1H3. The van der Waals surface area contributed by atoms with Gasteiger partial charge in [0.2, 0.25) is 15.9 Å². The van der Waals surface area contributed by atoms with Gasteiger partial charge in [0.25, 0.3) is 0 Å². The maximum atomic E-state index is 13.0. The van der Waals surface area contributed by atoms with E-state index in [0.717, 1.165) is 9.99 Å². The second kappa shape index (κ2) is 9.34. The van der Waals surface area contributed by atoms with Crippen LogP contribution >= 0.6 is 23.2 Å². The Kier molecular flexibility index (Phi) is 7.05. The van der Waals surface area contributed by atoms with E-state index in [4.69, 9.17) is 23.2 Å². The van der Waals surface area contributed by atoms with Crippen LogP contribution in [0.1, 0.15) is 6.92 Å². The van der Waals surface area contributed by atoms with Gasteiger partial charge in [-0.2, -0.15) is 4.31 Å². The summed E-state index contributed by atoms with van der Waals surface area (Å²) in [6, 6.07) is 14.3. The maximum absolute atomic E-state index is 13.0. The monoisotopic (exact) mass is 455 g/mol. The largest absolute Gasteiger partial charge is 0.368 e. The molecule has 156 valence electrons. The summed E-state index contributed by atoms with van der Waals surface area (Å²) < 4.78 is 27.1. The molecule has 29 heavy (non-hydrogen) atoms. The normalized spacial score (nSPS) is 15.0. The fraction of sp³-hybridized carbons (Fsp3) is 0.350. The SMILES string of the molecule is CCN(CC(=O)N1CCN(c2ccccc2)CC1)S(=O)(=O)c1cc(Cl)ccc1Cl. The van der Waals surface area contributed by atoms with Crippen molar-refractivity contribution < 1.29 is 13.2 Å².